The van der Waals surface area contributed by atoms with Gasteiger partial charge in [0, 0.05) is 35.8 Å². The third-order valence-electron chi connectivity index (χ3n) is 4.48. The van der Waals surface area contributed by atoms with E-state index in [2.05, 4.69) is 5.32 Å². The molecule has 1 unspecified atom stereocenters. The standard InChI is InChI=1S/C20H19ClN2O4/c21-15-4-8-17(9-5-15)23-12-14(11-18(23)24)20(27)22-16-6-1-13(2-7-16)3-10-19(25)26/h1-2,4-9,14H,3,10-12H2,(H,22,27)(H,25,26). The normalized spacial score (nSPS) is 16.4. The summed E-state index contributed by atoms with van der Waals surface area (Å²) in [7, 11) is 0. The molecule has 7 heteroatoms. The monoisotopic (exact) mass is 386 g/mol. The van der Waals surface area contributed by atoms with E-state index in [4.69, 9.17) is 16.7 Å². The highest BCUT2D eigenvalue weighted by Gasteiger charge is 2.35. The van der Waals surface area contributed by atoms with Crippen molar-refractivity contribution in [2.24, 2.45) is 5.92 Å². The molecule has 0 aromatic heterocycles. The SMILES string of the molecule is O=C(O)CCc1ccc(NC(=O)C2CC(=O)N(c3ccc(Cl)cc3)C2)cc1. The highest BCUT2D eigenvalue weighted by molar-refractivity contribution is 6.30. The molecule has 27 heavy (non-hydrogen) atoms. The van der Waals surface area contributed by atoms with E-state index < -0.39 is 11.9 Å². The molecule has 2 aromatic rings. The van der Waals surface area contributed by atoms with Gasteiger partial charge in [0.15, 0.2) is 0 Å². The first kappa shape index (κ1) is 18.9. The first-order valence-electron chi connectivity index (χ1n) is 8.60. The van der Waals surface area contributed by atoms with Crippen molar-refractivity contribution in [1.82, 2.24) is 0 Å². The van der Waals surface area contributed by atoms with E-state index in [1.165, 1.54) is 0 Å². The number of rotatable bonds is 6. The number of nitrogens with one attached hydrogen (secondary N) is 1. The Kier molecular flexibility index (Phi) is 5.76. The maximum atomic E-state index is 12.5. The van der Waals surface area contributed by atoms with Crippen LogP contribution in [0.2, 0.25) is 5.02 Å². The van der Waals surface area contributed by atoms with Crippen LogP contribution in [0.25, 0.3) is 0 Å². The molecule has 0 spiro atoms. The second kappa shape index (κ2) is 8.22. The maximum Gasteiger partial charge on any atom is 0.303 e. The predicted octanol–water partition coefficient (Wildman–Crippen LogP) is 3.35. The third-order valence-corrected chi connectivity index (χ3v) is 4.74. The average Bonchev–Trinajstić information content (AvgIpc) is 3.03. The number of hydrogen-bond donors (Lipinski definition) is 2. The maximum absolute atomic E-state index is 12.5. The van der Waals surface area contributed by atoms with Crippen LogP contribution in [0.15, 0.2) is 48.5 Å². The minimum atomic E-state index is -0.844. The van der Waals surface area contributed by atoms with Gasteiger partial charge >= 0.3 is 5.97 Å². The molecule has 0 bridgehead atoms. The van der Waals surface area contributed by atoms with Crippen LogP contribution in [0.3, 0.4) is 0 Å². The van der Waals surface area contributed by atoms with E-state index in [0.717, 1.165) is 11.3 Å². The number of aliphatic carboxylic acids is 1. The molecule has 2 N–H and O–H groups in total. The van der Waals surface area contributed by atoms with Crippen molar-refractivity contribution in [3.8, 4) is 0 Å². The van der Waals surface area contributed by atoms with E-state index in [9.17, 15) is 14.4 Å². The zero-order valence-electron chi connectivity index (χ0n) is 14.5. The molecule has 6 nitrogen and oxygen atoms in total. The van der Waals surface area contributed by atoms with Crippen LogP contribution < -0.4 is 10.2 Å². The summed E-state index contributed by atoms with van der Waals surface area (Å²) in [5.41, 5.74) is 2.24. The summed E-state index contributed by atoms with van der Waals surface area (Å²) in [6, 6.07) is 14.0. The largest absolute Gasteiger partial charge is 0.481 e. The van der Waals surface area contributed by atoms with Crippen molar-refractivity contribution in [2.75, 3.05) is 16.8 Å². The Labute approximate surface area is 161 Å². The quantitative estimate of drug-likeness (QED) is 0.797. The lowest BCUT2D eigenvalue weighted by Gasteiger charge is -2.16. The number of carboxylic acids is 1. The molecule has 1 atom stereocenters. The van der Waals surface area contributed by atoms with Gasteiger partial charge in [-0.3, -0.25) is 14.4 Å². The smallest absolute Gasteiger partial charge is 0.303 e. The number of benzene rings is 2. The Bertz CT molecular complexity index is 849. The molecule has 1 saturated heterocycles. The Morgan fingerprint density at radius 2 is 1.78 bits per heavy atom. The van der Waals surface area contributed by atoms with Crippen molar-refractivity contribution in [3.05, 3.63) is 59.1 Å². The fourth-order valence-corrected chi connectivity index (χ4v) is 3.13. The van der Waals surface area contributed by atoms with E-state index in [0.29, 0.717) is 23.7 Å². The number of carbonyl (C=O) groups is 3. The van der Waals surface area contributed by atoms with Gasteiger partial charge in [0.25, 0.3) is 0 Å². The summed E-state index contributed by atoms with van der Waals surface area (Å²) in [6.07, 6.45) is 0.665. The zero-order chi connectivity index (χ0) is 19.4. The fourth-order valence-electron chi connectivity index (χ4n) is 3.00. The Morgan fingerprint density at radius 1 is 1.11 bits per heavy atom. The third kappa shape index (κ3) is 4.86. The average molecular weight is 387 g/mol. The highest BCUT2D eigenvalue weighted by Crippen LogP contribution is 2.27. The molecular weight excluding hydrogens is 368 g/mol. The summed E-state index contributed by atoms with van der Waals surface area (Å²) in [5.74, 6) is -1.58. The highest BCUT2D eigenvalue weighted by atomic mass is 35.5. The minimum absolute atomic E-state index is 0.0659. The summed E-state index contributed by atoms with van der Waals surface area (Å²) in [5, 5.41) is 12.1. The summed E-state index contributed by atoms with van der Waals surface area (Å²) < 4.78 is 0. The van der Waals surface area contributed by atoms with Crippen LogP contribution in [0.4, 0.5) is 11.4 Å². The number of anilines is 2. The van der Waals surface area contributed by atoms with Gasteiger partial charge in [0.1, 0.15) is 0 Å². The van der Waals surface area contributed by atoms with Crippen molar-refractivity contribution in [1.29, 1.82) is 0 Å². The topological polar surface area (TPSA) is 86.7 Å². The van der Waals surface area contributed by atoms with Crippen LogP contribution in [-0.2, 0) is 20.8 Å². The Hall–Kier alpha value is -2.86. The van der Waals surface area contributed by atoms with Crippen LogP contribution >= 0.6 is 11.6 Å². The molecule has 0 radical (unpaired) electrons. The molecule has 3 rings (SSSR count). The van der Waals surface area contributed by atoms with E-state index in [1.54, 1.807) is 53.4 Å². The first-order valence-corrected chi connectivity index (χ1v) is 8.97. The first-order chi connectivity index (χ1) is 12.9. The van der Waals surface area contributed by atoms with Crippen molar-refractivity contribution >= 4 is 40.8 Å². The Balaban J connectivity index is 1.59. The molecule has 140 valence electrons. The number of hydrogen-bond acceptors (Lipinski definition) is 3. The summed E-state index contributed by atoms with van der Waals surface area (Å²) in [6.45, 7) is 0.322. The molecule has 1 aliphatic heterocycles. The van der Waals surface area contributed by atoms with Crippen LogP contribution in [0.1, 0.15) is 18.4 Å². The summed E-state index contributed by atoms with van der Waals surface area (Å²) >= 11 is 5.87. The molecule has 2 amide bonds. The molecule has 0 aliphatic carbocycles. The lowest BCUT2D eigenvalue weighted by Crippen LogP contribution is -2.28. The second-order valence-corrected chi connectivity index (χ2v) is 6.90. The molecule has 1 aliphatic rings. The number of carboxylic acid groups (broad SMARTS) is 1. The van der Waals surface area contributed by atoms with E-state index >= 15 is 0 Å². The number of amides is 2. The number of halogens is 1. The fraction of sp³-hybridized carbons (Fsp3) is 0.250. The molecule has 0 saturated carbocycles. The molecule has 2 aromatic carbocycles. The second-order valence-electron chi connectivity index (χ2n) is 6.46. The van der Waals surface area contributed by atoms with E-state index in [-0.39, 0.29) is 24.7 Å². The van der Waals surface area contributed by atoms with Gasteiger partial charge < -0.3 is 15.3 Å². The lowest BCUT2D eigenvalue weighted by atomic mass is 10.1. The summed E-state index contributed by atoms with van der Waals surface area (Å²) in [4.78, 5) is 37.0. The number of aryl methyl sites for hydroxylation is 1. The molecule has 1 fully saturated rings. The van der Waals surface area contributed by atoms with Gasteiger partial charge in [-0.1, -0.05) is 23.7 Å². The van der Waals surface area contributed by atoms with Crippen LogP contribution in [0, 0.1) is 5.92 Å². The zero-order valence-corrected chi connectivity index (χ0v) is 15.3. The van der Waals surface area contributed by atoms with Gasteiger partial charge in [-0.2, -0.15) is 0 Å². The lowest BCUT2D eigenvalue weighted by molar-refractivity contribution is -0.137. The van der Waals surface area contributed by atoms with Crippen molar-refractivity contribution < 1.29 is 19.5 Å². The predicted molar refractivity (Wildman–Crippen MR) is 103 cm³/mol. The van der Waals surface area contributed by atoms with Gasteiger partial charge in [-0.15, -0.1) is 0 Å². The molecular formula is C20H19ClN2O4. The van der Waals surface area contributed by atoms with Crippen molar-refractivity contribution in [3.63, 3.8) is 0 Å². The Morgan fingerprint density at radius 3 is 2.41 bits per heavy atom. The van der Waals surface area contributed by atoms with Crippen LogP contribution in [-0.4, -0.2) is 29.4 Å². The van der Waals surface area contributed by atoms with Crippen molar-refractivity contribution in [2.45, 2.75) is 19.3 Å². The van der Waals surface area contributed by atoms with Gasteiger partial charge in [-0.25, -0.2) is 0 Å². The van der Waals surface area contributed by atoms with E-state index in [1.807, 2.05) is 0 Å². The minimum Gasteiger partial charge on any atom is -0.481 e. The van der Waals surface area contributed by atoms with Crippen LogP contribution in [0.5, 0.6) is 0 Å². The number of carbonyl (C=O) groups excluding carboxylic acids is 2. The van der Waals surface area contributed by atoms with Gasteiger partial charge in [0.05, 0.1) is 5.92 Å². The van der Waals surface area contributed by atoms with Gasteiger partial charge in [-0.05, 0) is 48.4 Å². The molecule has 1 heterocycles. The van der Waals surface area contributed by atoms with Gasteiger partial charge in [0.2, 0.25) is 11.8 Å². The number of nitrogens with zero attached hydrogens (tertiary/aromatic N) is 1.